The molecule has 1 fully saturated rings. The van der Waals surface area contributed by atoms with Gasteiger partial charge in [0, 0.05) is 26.2 Å². The van der Waals surface area contributed by atoms with Crippen molar-refractivity contribution in [1.29, 1.82) is 0 Å². The van der Waals surface area contributed by atoms with Crippen molar-refractivity contribution in [3.8, 4) is 12.3 Å². The normalized spacial score (nSPS) is 20.0. The van der Waals surface area contributed by atoms with Crippen LogP contribution in [0.2, 0.25) is 0 Å². The van der Waals surface area contributed by atoms with Crippen molar-refractivity contribution in [3.05, 3.63) is 11.4 Å². The first-order valence-electron chi connectivity index (χ1n) is 4.88. The van der Waals surface area contributed by atoms with Crippen LogP contribution in [0, 0.1) is 18.9 Å². The fraction of sp³-hybridized carbons (Fsp3) is 0.727. The van der Waals surface area contributed by atoms with Crippen LogP contribution in [-0.4, -0.2) is 48.2 Å². The minimum Gasteiger partial charge on any atom is -0.299 e. The Morgan fingerprint density at radius 2 is 1.93 bits per heavy atom. The quantitative estimate of drug-likeness (QED) is 0.474. The maximum Gasteiger partial charge on any atom is 0.270 e. The van der Waals surface area contributed by atoms with E-state index in [0.717, 1.165) is 26.2 Å². The van der Waals surface area contributed by atoms with Crippen LogP contribution < -0.4 is 0 Å². The lowest BCUT2D eigenvalue weighted by molar-refractivity contribution is 0.0871. The topological polar surface area (TPSA) is 10.8 Å². The Morgan fingerprint density at radius 1 is 1.36 bits per heavy atom. The van der Waals surface area contributed by atoms with Crippen LogP contribution in [-0.2, 0) is 0 Å². The van der Waals surface area contributed by atoms with Gasteiger partial charge in [0.2, 0.25) is 0 Å². The second-order valence-corrected chi connectivity index (χ2v) is 4.11. The molecule has 0 atom stereocenters. The predicted molar refractivity (Wildman–Crippen MR) is 57.5 cm³/mol. The van der Waals surface area contributed by atoms with Crippen molar-refractivity contribution in [2.75, 3.05) is 32.8 Å². The largest absolute Gasteiger partial charge is 0.299 e. The van der Waals surface area contributed by atoms with Crippen LogP contribution in [0.3, 0.4) is 0 Å². The number of rotatable bonds is 2. The summed E-state index contributed by atoms with van der Waals surface area (Å²) in [4.78, 5) is 7.85. The molecular formula is C11H17N3. The average Bonchev–Trinajstić information content (AvgIpc) is 2.19. The molecule has 0 aliphatic carbocycles. The summed E-state index contributed by atoms with van der Waals surface area (Å²) in [6.07, 6.45) is 5.48. The lowest BCUT2D eigenvalue weighted by atomic mass is 10.0. The standard InChI is InChI=1S/C11H17N3/c1-5-11(2,3)14-8-6-13(7-9-14)10-12-4/h1H,6-10H2,2-3H3. The van der Waals surface area contributed by atoms with E-state index in [4.69, 9.17) is 13.0 Å². The van der Waals surface area contributed by atoms with Crippen LogP contribution in [0.25, 0.3) is 4.85 Å². The van der Waals surface area contributed by atoms with Crippen LogP contribution >= 0.6 is 0 Å². The summed E-state index contributed by atoms with van der Waals surface area (Å²) >= 11 is 0. The van der Waals surface area contributed by atoms with E-state index >= 15 is 0 Å². The number of nitrogens with zero attached hydrogens (tertiary/aromatic N) is 3. The molecule has 1 saturated heterocycles. The van der Waals surface area contributed by atoms with Crippen molar-refractivity contribution < 1.29 is 0 Å². The Labute approximate surface area is 86.5 Å². The van der Waals surface area contributed by atoms with E-state index in [0.29, 0.717) is 6.67 Å². The van der Waals surface area contributed by atoms with Crippen LogP contribution in [0.15, 0.2) is 0 Å². The summed E-state index contributed by atoms with van der Waals surface area (Å²) in [5.74, 6) is 2.80. The van der Waals surface area contributed by atoms with E-state index in [9.17, 15) is 0 Å². The molecule has 0 aromatic heterocycles. The molecule has 14 heavy (non-hydrogen) atoms. The van der Waals surface area contributed by atoms with Crippen LogP contribution in [0.4, 0.5) is 0 Å². The summed E-state index contributed by atoms with van der Waals surface area (Å²) in [7, 11) is 0. The number of hydrogen-bond donors (Lipinski definition) is 0. The van der Waals surface area contributed by atoms with Crippen LogP contribution in [0.5, 0.6) is 0 Å². The molecule has 1 heterocycles. The number of terminal acetylenes is 1. The van der Waals surface area contributed by atoms with Crippen molar-refractivity contribution in [3.63, 3.8) is 0 Å². The Balaban J connectivity index is 2.45. The zero-order chi connectivity index (χ0) is 10.6. The third-order valence-corrected chi connectivity index (χ3v) is 2.79. The average molecular weight is 191 g/mol. The van der Waals surface area contributed by atoms with E-state index < -0.39 is 0 Å². The van der Waals surface area contributed by atoms with Crippen molar-refractivity contribution in [1.82, 2.24) is 9.80 Å². The molecule has 0 amide bonds. The molecule has 0 saturated carbocycles. The zero-order valence-electron chi connectivity index (χ0n) is 8.95. The van der Waals surface area contributed by atoms with Gasteiger partial charge in [-0.3, -0.25) is 9.74 Å². The third kappa shape index (κ3) is 2.48. The van der Waals surface area contributed by atoms with Crippen molar-refractivity contribution >= 4 is 0 Å². The molecule has 3 nitrogen and oxygen atoms in total. The highest BCUT2D eigenvalue weighted by Crippen LogP contribution is 2.15. The van der Waals surface area contributed by atoms with Gasteiger partial charge >= 0.3 is 0 Å². The summed E-state index contributed by atoms with van der Waals surface area (Å²) in [6, 6.07) is 0. The minimum absolute atomic E-state index is 0.149. The van der Waals surface area contributed by atoms with E-state index in [2.05, 4.69) is 34.4 Å². The van der Waals surface area contributed by atoms with Gasteiger partial charge in [-0.2, -0.15) is 0 Å². The molecule has 76 valence electrons. The van der Waals surface area contributed by atoms with Gasteiger partial charge in [0.15, 0.2) is 0 Å². The molecular weight excluding hydrogens is 174 g/mol. The Kier molecular flexibility index (Phi) is 3.52. The first-order valence-corrected chi connectivity index (χ1v) is 4.88. The van der Waals surface area contributed by atoms with E-state index in [-0.39, 0.29) is 5.54 Å². The fourth-order valence-electron chi connectivity index (χ4n) is 1.64. The van der Waals surface area contributed by atoms with E-state index in [1.54, 1.807) is 0 Å². The Bertz CT molecular complexity index is 261. The first-order chi connectivity index (χ1) is 6.60. The van der Waals surface area contributed by atoms with Gasteiger partial charge in [0.25, 0.3) is 6.67 Å². The molecule has 1 rings (SSSR count). The predicted octanol–water partition coefficient (Wildman–Crippen LogP) is 0.893. The monoisotopic (exact) mass is 191 g/mol. The molecule has 0 aromatic rings. The molecule has 0 bridgehead atoms. The number of piperazine rings is 1. The molecule has 0 radical (unpaired) electrons. The van der Waals surface area contributed by atoms with E-state index in [1.807, 2.05) is 0 Å². The minimum atomic E-state index is -0.149. The molecule has 0 N–H and O–H groups in total. The van der Waals surface area contributed by atoms with Gasteiger partial charge in [0.05, 0.1) is 5.54 Å². The maximum atomic E-state index is 6.79. The Hall–Kier alpha value is -1.03. The molecule has 0 aromatic carbocycles. The van der Waals surface area contributed by atoms with Gasteiger partial charge in [0.1, 0.15) is 0 Å². The highest BCUT2D eigenvalue weighted by Gasteiger charge is 2.28. The van der Waals surface area contributed by atoms with Crippen LogP contribution in [0.1, 0.15) is 13.8 Å². The first kappa shape index (κ1) is 11.0. The Morgan fingerprint density at radius 3 is 2.36 bits per heavy atom. The lowest BCUT2D eigenvalue weighted by Gasteiger charge is -2.39. The number of hydrogen-bond acceptors (Lipinski definition) is 2. The highest BCUT2D eigenvalue weighted by molar-refractivity contribution is 5.09. The molecule has 1 aliphatic heterocycles. The van der Waals surface area contributed by atoms with Crippen molar-refractivity contribution in [2.45, 2.75) is 19.4 Å². The van der Waals surface area contributed by atoms with Gasteiger partial charge < -0.3 is 0 Å². The van der Waals surface area contributed by atoms with Gasteiger partial charge in [-0.15, -0.1) is 6.42 Å². The highest BCUT2D eigenvalue weighted by atomic mass is 15.3. The zero-order valence-corrected chi connectivity index (χ0v) is 8.95. The third-order valence-electron chi connectivity index (χ3n) is 2.79. The summed E-state index contributed by atoms with van der Waals surface area (Å²) in [6.45, 7) is 15.3. The van der Waals surface area contributed by atoms with Gasteiger partial charge in [-0.1, -0.05) is 5.92 Å². The maximum absolute atomic E-state index is 6.79. The molecule has 1 aliphatic rings. The second-order valence-electron chi connectivity index (χ2n) is 4.11. The van der Waals surface area contributed by atoms with Gasteiger partial charge in [-0.25, -0.2) is 11.5 Å². The summed E-state index contributed by atoms with van der Waals surface area (Å²) in [5, 5.41) is 0. The second kappa shape index (κ2) is 4.46. The van der Waals surface area contributed by atoms with Gasteiger partial charge in [-0.05, 0) is 13.8 Å². The van der Waals surface area contributed by atoms with Crippen molar-refractivity contribution in [2.24, 2.45) is 0 Å². The molecule has 3 heteroatoms. The smallest absolute Gasteiger partial charge is 0.270 e. The lowest BCUT2D eigenvalue weighted by Crippen LogP contribution is -2.53. The SMILES string of the molecule is [C-]#[N+]CN1CCN(C(C)(C)C#C)CC1. The summed E-state index contributed by atoms with van der Waals surface area (Å²) < 4.78 is 0. The molecule has 0 spiro atoms. The summed E-state index contributed by atoms with van der Waals surface area (Å²) in [5.41, 5.74) is -0.149. The van der Waals surface area contributed by atoms with E-state index in [1.165, 1.54) is 0 Å². The molecule has 0 unspecified atom stereocenters. The fourth-order valence-corrected chi connectivity index (χ4v) is 1.64.